The van der Waals surface area contributed by atoms with Crippen LogP contribution in [0.15, 0.2) is 91.3 Å². The Hall–Kier alpha value is -4.47. The molecule has 2 heterocycles. The van der Waals surface area contributed by atoms with Crippen molar-refractivity contribution in [1.29, 1.82) is 0 Å². The molecule has 4 aromatic rings. The average molecular weight is 586 g/mol. The zero-order valence-corrected chi connectivity index (χ0v) is 24.5. The summed E-state index contributed by atoms with van der Waals surface area (Å²) in [6.07, 6.45) is 8.60. The summed E-state index contributed by atoms with van der Waals surface area (Å²) >= 11 is 1.53. The van der Waals surface area contributed by atoms with Crippen LogP contribution in [0.1, 0.15) is 17.4 Å². The van der Waals surface area contributed by atoms with Crippen LogP contribution in [0.25, 0.3) is 15.8 Å². The van der Waals surface area contributed by atoms with E-state index in [2.05, 4.69) is 47.3 Å². The van der Waals surface area contributed by atoms with Crippen molar-refractivity contribution < 1.29 is 23.4 Å². The number of nitrogens with one attached hydrogen (secondary N) is 2. The van der Waals surface area contributed by atoms with Crippen LogP contribution in [0.3, 0.4) is 0 Å². The number of anilines is 1. The lowest BCUT2D eigenvalue weighted by Crippen LogP contribution is -2.26. The highest BCUT2D eigenvalue weighted by molar-refractivity contribution is 7.20. The number of methoxy groups -OCH3 is 2. The van der Waals surface area contributed by atoms with Gasteiger partial charge in [-0.1, -0.05) is 43.9 Å². The van der Waals surface area contributed by atoms with Crippen molar-refractivity contribution in [2.45, 2.75) is 19.4 Å². The number of aromatic nitrogens is 1. The molecule has 7 nitrogen and oxygen atoms in total. The van der Waals surface area contributed by atoms with E-state index in [0.717, 1.165) is 32.0 Å². The van der Waals surface area contributed by atoms with E-state index >= 15 is 4.39 Å². The molecule has 2 N–H and O–H groups in total. The number of fused-ring (bicyclic) bond motifs is 1. The number of hydrogen-bond acceptors (Lipinski definition) is 7. The maximum atomic E-state index is 15.1. The maximum Gasteiger partial charge on any atom is 0.271 e. The first-order valence-corrected chi connectivity index (χ1v) is 14.3. The molecule has 5 rings (SSSR count). The summed E-state index contributed by atoms with van der Waals surface area (Å²) in [4.78, 5) is 18.1. The molecule has 216 valence electrons. The highest BCUT2D eigenvalue weighted by Crippen LogP contribution is 2.39. The number of halogens is 1. The third-order valence-corrected chi connectivity index (χ3v) is 8.17. The third-order valence-electron chi connectivity index (χ3n) is 6.98. The third kappa shape index (κ3) is 6.53. The Bertz CT molecular complexity index is 1680. The van der Waals surface area contributed by atoms with E-state index in [1.54, 1.807) is 32.5 Å². The smallest absolute Gasteiger partial charge is 0.271 e. The van der Waals surface area contributed by atoms with E-state index in [0.29, 0.717) is 24.6 Å². The zero-order chi connectivity index (χ0) is 29.6. The molecule has 1 aliphatic carbocycles. The second-order valence-electron chi connectivity index (χ2n) is 9.84. The minimum Gasteiger partial charge on any atom is -0.496 e. The number of nitrogens with zero attached hydrogens (tertiary/aromatic N) is 1. The molecule has 0 saturated heterocycles. The molecule has 1 aliphatic rings. The Morgan fingerprint density at radius 2 is 1.93 bits per heavy atom. The molecular weight excluding hydrogens is 553 g/mol. The van der Waals surface area contributed by atoms with Gasteiger partial charge in [-0.05, 0) is 47.9 Å². The first-order valence-electron chi connectivity index (χ1n) is 13.5. The molecule has 0 aliphatic heterocycles. The molecule has 42 heavy (non-hydrogen) atoms. The summed E-state index contributed by atoms with van der Waals surface area (Å²) in [6, 6.07) is 15.7. The van der Waals surface area contributed by atoms with Gasteiger partial charge in [0.05, 0.1) is 29.1 Å². The zero-order valence-electron chi connectivity index (χ0n) is 23.6. The normalized spacial score (nSPS) is 16.1. The molecule has 0 saturated carbocycles. The molecule has 0 spiro atoms. The van der Waals surface area contributed by atoms with Gasteiger partial charge in [-0.25, -0.2) is 4.39 Å². The summed E-state index contributed by atoms with van der Waals surface area (Å²) in [5, 5.41) is 5.68. The number of amides is 1. The monoisotopic (exact) mass is 585 g/mol. The fourth-order valence-electron chi connectivity index (χ4n) is 4.66. The Morgan fingerprint density at radius 3 is 2.71 bits per heavy atom. The molecule has 2 unspecified atom stereocenters. The molecule has 2 atom stereocenters. The number of benzene rings is 2. The summed E-state index contributed by atoms with van der Waals surface area (Å²) < 4.78 is 32.8. The van der Waals surface area contributed by atoms with Crippen LogP contribution in [0.2, 0.25) is 0 Å². The molecule has 0 bridgehead atoms. The van der Waals surface area contributed by atoms with Crippen molar-refractivity contribution >= 4 is 38.7 Å². The molecular formula is C33H32FN3O4S. The Labute approximate surface area is 248 Å². The molecule has 0 fully saturated rings. The lowest BCUT2D eigenvalue weighted by molar-refractivity contribution is -0.113. The van der Waals surface area contributed by atoms with Crippen LogP contribution in [-0.2, 0) is 16.0 Å². The Balaban J connectivity index is 1.23. The number of allylic oxidation sites excluding steroid dienone is 2. The molecule has 9 heteroatoms. The number of carbonyl (C=O) groups is 1. The number of carbonyl (C=O) groups excluding carboxylic acids is 1. The largest absolute Gasteiger partial charge is 0.496 e. The van der Waals surface area contributed by atoms with Gasteiger partial charge in [-0.3, -0.25) is 9.78 Å². The van der Waals surface area contributed by atoms with Crippen molar-refractivity contribution in [1.82, 2.24) is 10.3 Å². The lowest BCUT2D eigenvalue weighted by atomic mass is 9.95. The van der Waals surface area contributed by atoms with Gasteiger partial charge in [0.2, 0.25) is 0 Å². The van der Waals surface area contributed by atoms with Crippen LogP contribution in [0, 0.1) is 11.7 Å². The second kappa shape index (κ2) is 13.0. The van der Waals surface area contributed by atoms with Crippen LogP contribution >= 0.6 is 11.3 Å². The standard InChI is InChI=1S/C33H32FN3O4S/c1-20-9-10-23(17-30(20)40-4)31-19-26-32(42-31)29(14-16-36-26)41-28-12-11-24(18-25(28)34)37-33(38)21(2)35-15-13-22-7-5-6-8-27(22)39-3/h5-12,14,16-20,30,35H,2,13,15H2,1,3-4H3,(H,37,38). The van der Waals surface area contributed by atoms with Gasteiger partial charge in [0.25, 0.3) is 5.91 Å². The quantitative estimate of drug-likeness (QED) is 0.182. The first kappa shape index (κ1) is 29.0. The van der Waals surface area contributed by atoms with Gasteiger partial charge in [-0.2, -0.15) is 0 Å². The van der Waals surface area contributed by atoms with Crippen molar-refractivity contribution in [3.8, 4) is 17.2 Å². The molecule has 1 amide bonds. The van der Waals surface area contributed by atoms with Crippen LogP contribution < -0.4 is 20.1 Å². The summed E-state index contributed by atoms with van der Waals surface area (Å²) in [7, 11) is 3.33. The van der Waals surface area contributed by atoms with Gasteiger partial charge in [0.15, 0.2) is 11.6 Å². The van der Waals surface area contributed by atoms with Gasteiger partial charge < -0.3 is 24.8 Å². The van der Waals surface area contributed by atoms with Crippen molar-refractivity contribution in [2.24, 2.45) is 5.92 Å². The highest BCUT2D eigenvalue weighted by atomic mass is 32.1. The minimum atomic E-state index is -0.612. The van der Waals surface area contributed by atoms with Gasteiger partial charge in [0.1, 0.15) is 11.5 Å². The van der Waals surface area contributed by atoms with E-state index in [4.69, 9.17) is 14.2 Å². The van der Waals surface area contributed by atoms with Crippen molar-refractivity contribution in [3.05, 3.63) is 108 Å². The predicted octanol–water partition coefficient (Wildman–Crippen LogP) is 7.13. The Morgan fingerprint density at radius 1 is 1.10 bits per heavy atom. The number of pyridine rings is 1. The predicted molar refractivity (Wildman–Crippen MR) is 166 cm³/mol. The van der Waals surface area contributed by atoms with Crippen molar-refractivity contribution in [3.63, 3.8) is 0 Å². The van der Waals surface area contributed by atoms with E-state index < -0.39 is 11.7 Å². The Kier molecular flexibility index (Phi) is 9.00. The number of ether oxygens (including phenoxy) is 3. The van der Waals surface area contributed by atoms with Crippen LogP contribution in [0.4, 0.5) is 10.1 Å². The van der Waals surface area contributed by atoms with E-state index in [1.165, 1.54) is 23.5 Å². The van der Waals surface area contributed by atoms with E-state index in [1.807, 2.05) is 30.3 Å². The molecule has 0 radical (unpaired) electrons. The number of thiophene rings is 1. The molecule has 2 aromatic heterocycles. The highest BCUT2D eigenvalue weighted by Gasteiger charge is 2.19. The fraction of sp³-hybridized carbons (Fsp3) is 0.212. The number of rotatable bonds is 11. The van der Waals surface area contributed by atoms with E-state index in [9.17, 15) is 4.79 Å². The second-order valence-corrected chi connectivity index (χ2v) is 10.9. The summed E-state index contributed by atoms with van der Waals surface area (Å²) in [5.41, 5.74) is 3.29. The van der Waals surface area contributed by atoms with Crippen LogP contribution in [0.5, 0.6) is 17.2 Å². The molecule has 2 aromatic carbocycles. The minimum absolute atomic E-state index is 0.00154. The summed E-state index contributed by atoms with van der Waals surface area (Å²) in [6.45, 7) is 6.40. The van der Waals surface area contributed by atoms with Gasteiger partial charge in [0, 0.05) is 48.5 Å². The fourth-order valence-corrected chi connectivity index (χ4v) is 5.73. The van der Waals surface area contributed by atoms with Crippen LogP contribution in [-0.4, -0.2) is 37.8 Å². The van der Waals surface area contributed by atoms with Crippen molar-refractivity contribution in [2.75, 3.05) is 26.1 Å². The number of para-hydroxylation sites is 1. The summed E-state index contributed by atoms with van der Waals surface area (Å²) in [5.74, 6) is 0.540. The van der Waals surface area contributed by atoms with E-state index in [-0.39, 0.29) is 23.2 Å². The van der Waals surface area contributed by atoms with Gasteiger partial charge >= 0.3 is 0 Å². The lowest BCUT2D eigenvalue weighted by Gasteiger charge is -2.21. The SMILES string of the molecule is C=C(NCCc1ccccc1OC)C(=O)Nc1ccc(Oc2ccnc3cc(C4=CC(OC)C(C)C=C4)sc23)c(F)c1. The number of hydrogen-bond donors (Lipinski definition) is 2. The average Bonchev–Trinajstić information content (AvgIpc) is 3.44. The van der Waals surface area contributed by atoms with Gasteiger partial charge in [-0.15, -0.1) is 11.3 Å². The topological polar surface area (TPSA) is 81.7 Å². The maximum absolute atomic E-state index is 15.1. The first-order chi connectivity index (χ1) is 20.4.